The molecule has 0 aromatic rings. The fourth-order valence-electron chi connectivity index (χ4n) is 4.33. The van der Waals surface area contributed by atoms with Crippen LogP contribution in [0.5, 0.6) is 0 Å². The Bertz CT molecular complexity index is 369. The molecule has 0 aliphatic carbocycles. The number of hydrogen-bond donors (Lipinski definition) is 0. The van der Waals surface area contributed by atoms with Gasteiger partial charge in [-0.25, -0.2) is 0 Å². The minimum Gasteiger partial charge on any atom is -0.378 e. The van der Waals surface area contributed by atoms with Gasteiger partial charge in [-0.2, -0.15) is 0 Å². The Morgan fingerprint density at radius 1 is 0.655 bits per heavy atom. The van der Waals surface area contributed by atoms with E-state index in [0.717, 1.165) is 13.0 Å². The quantitative estimate of drug-likeness (QED) is 0.189. The van der Waals surface area contributed by atoms with Crippen LogP contribution in [0.4, 0.5) is 0 Å². The van der Waals surface area contributed by atoms with E-state index in [9.17, 15) is 0 Å². The van der Waals surface area contributed by atoms with E-state index in [-0.39, 0.29) is 5.60 Å². The van der Waals surface area contributed by atoms with Gasteiger partial charge < -0.3 is 14.2 Å². The molecule has 0 bridgehead atoms. The van der Waals surface area contributed by atoms with Crippen LogP contribution in [0, 0.1) is 0 Å². The van der Waals surface area contributed by atoms with Gasteiger partial charge in [-0.3, -0.25) is 0 Å². The van der Waals surface area contributed by atoms with Crippen LogP contribution in [-0.4, -0.2) is 31.2 Å². The molecule has 3 heteroatoms. The molecule has 1 rings (SSSR count). The summed E-state index contributed by atoms with van der Waals surface area (Å²) in [5, 5.41) is 0. The normalized spacial score (nSPS) is 21.1. The maximum atomic E-state index is 6.33. The van der Waals surface area contributed by atoms with Crippen molar-refractivity contribution < 1.29 is 14.2 Å². The summed E-state index contributed by atoms with van der Waals surface area (Å²) in [6.07, 6.45) is 22.5. The zero-order valence-corrected chi connectivity index (χ0v) is 20.4. The van der Waals surface area contributed by atoms with Gasteiger partial charge in [0, 0.05) is 6.61 Å². The molecule has 1 saturated heterocycles. The molecule has 0 spiro atoms. The van der Waals surface area contributed by atoms with E-state index in [4.69, 9.17) is 14.2 Å². The number of unbranched alkanes of at least 4 members (excludes halogenated alkanes) is 14. The van der Waals surface area contributed by atoms with E-state index in [0.29, 0.717) is 13.2 Å². The summed E-state index contributed by atoms with van der Waals surface area (Å²) in [7, 11) is 0. The summed E-state index contributed by atoms with van der Waals surface area (Å²) in [4.78, 5) is 0. The minimum absolute atomic E-state index is 0.230. The summed E-state index contributed by atoms with van der Waals surface area (Å²) >= 11 is 0. The van der Waals surface area contributed by atoms with Gasteiger partial charge in [-0.15, -0.1) is 0 Å². The van der Waals surface area contributed by atoms with Crippen LogP contribution in [0.3, 0.4) is 0 Å². The van der Waals surface area contributed by atoms with Crippen molar-refractivity contribution in [1.82, 2.24) is 0 Å². The van der Waals surface area contributed by atoms with E-state index in [1.54, 1.807) is 0 Å². The molecule has 0 saturated carbocycles. The molecule has 0 radical (unpaired) electrons. The largest absolute Gasteiger partial charge is 0.378 e. The van der Waals surface area contributed by atoms with Gasteiger partial charge in [0.2, 0.25) is 0 Å². The Labute approximate surface area is 182 Å². The Kier molecular flexibility index (Phi) is 15.4. The van der Waals surface area contributed by atoms with E-state index < -0.39 is 5.79 Å². The van der Waals surface area contributed by atoms with Crippen molar-refractivity contribution in [2.24, 2.45) is 0 Å². The highest BCUT2D eigenvalue weighted by Crippen LogP contribution is 2.35. The number of ether oxygens (including phenoxy) is 3. The summed E-state index contributed by atoms with van der Waals surface area (Å²) in [6, 6.07) is 0. The first-order valence-electron chi connectivity index (χ1n) is 13.0. The minimum atomic E-state index is -0.470. The van der Waals surface area contributed by atoms with Crippen molar-refractivity contribution in [2.45, 2.75) is 148 Å². The van der Waals surface area contributed by atoms with E-state index in [1.807, 2.05) is 13.8 Å². The Morgan fingerprint density at radius 2 is 1.14 bits per heavy atom. The highest BCUT2D eigenvalue weighted by molar-refractivity contribution is 4.88. The zero-order valence-electron chi connectivity index (χ0n) is 20.4. The molecule has 174 valence electrons. The van der Waals surface area contributed by atoms with Gasteiger partial charge in [0.1, 0.15) is 5.60 Å². The lowest BCUT2D eigenvalue weighted by molar-refractivity contribution is -0.175. The topological polar surface area (TPSA) is 27.7 Å². The lowest BCUT2D eigenvalue weighted by atomic mass is 9.97. The molecule has 0 aromatic carbocycles. The molecule has 29 heavy (non-hydrogen) atoms. The standard InChI is InChI=1S/C26H52O3/c1-5-7-9-11-13-15-17-19-21-26(24-28-25(3,4)29-26)23-27-22-20-18-16-14-12-10-8-6-2/h5-24H2,1-4H3. The van der Waals surface area contributed by atoms with Gasteiger partial charge in [0.15, 0.2) is 5.79 Å². The van der Waals surface area contributed by atoms with Crippen molar-refractivity contribution in [3.05, 3.63) is 0 Å². The second-order valence-corrected chi connectivity index (χ2v) is 9.73. The van der Waals surface area contributed by atoms with Crippen LogP contribution in [0.25, 0.3) is 0 Å². The lowest BCUT2D eigenvalue weighted by Crippen LogP contribution is -2.39. The SMILES string of the molecule is CCCCCCCCCCOCC1(CCCCCCCCCC)COC(C)(C)O1. The molecule has 1 unspecified atom stereocenters. The third-order valence-electron chi connectivity index (χ3n) is 6.14. The van der Waals surface area contributed by atoms with Gasteiger partial charge >= 0.3 is 0 Å². The van der Waals surface area contributed by atoms with Gasteiger partial charge in [-0.05, 0) is 26.7 Å². The predicted octanol–water partition coefficient (Wildman–Crippen LogP) is 8.20. The van der Waals surface area contributed by atoms with Crippen molar-refractivity contribution in [1.29, 1.82) is 0 Å². The molecule has 1 aliphatic heterocycles. The maximum absolute atomic E-state index is 6.33. The van der Waals surface area contributed by atoms with Gasteiger partial charge in [0.25, 0.3) is 0 Å². The van der Waals surface area contributed by atoms with E-state index >= 15 is 0 Å². The van der Waals surface area contributed by atoms with Crippen molar-refractivity contribution in [2.75, 3.05) is 19.8 Å². The van der Waals surface area contributed by atoms with Crippen molar-refractivity contribution >= 4 is 0 Å². The Balaban J connectivity index is 2.13. The third kappa shape index (κ3) is 13.7. The molecule has 3 nitrogen and oxygen atoms in total. The molecular weight excluding hydrogens is 360 g/mol. The molecular formula is C26H52O3. The first-order chi connectivity index (χ1) is 14.0. The van der Waals surface area contributed by atoms with Crippen LogP contribution in [0.15, 0.2) is 0 Å². The van der Waals surface area contributed by atoms with Crippen LogP contribution in [0.1, 0.15) is 137 Å². The molecule has 0 N–H and O–H groups in total. The number of rotatable bonds is 20. The zero-order chi connectivity index (χ0) is 21.3. The molecule has 0 amide bonds. The van der Waals surface area contributed by atoms with Crippen LogP contribution in [-0.2, 0) is 14.2 Å². The first-order valence-corrected chi connectivity index (χ1v) is 13.0. The maximum Gasteiger partial charge on any atom is 0.163 e. The summed E-state index contributed by atoms with van der Waals surface area (Å²) in [5.74, 6) is -0.470. The molecule has 1 heterocycles. The second kappa shape index (κ2) is 16.6. The molecule has 1 atom stereocenters. The van der Waals surface area contributed by atoms with E-state index in [2.05, 4.69) is 13.8 Å². The molecule has 1 aliphatic rings. The fraction of sp³-hybridized carbons (Fsp3) is 1.00. The fourth-order valence-corrected chi connectivity index (χ4v) is 4.33. The number of hydrogen-bond acceptors (Lipinski definition) is 3. The molecule has 1 fully saturated rings. The van der Waals surface area contributed by atoms with E-state index in [1.165, 1.54) is 103 Å². The van der Waals surface area contributed by atoms with Crippen LogP contribution >= 0.6 is 0 Å². The smallest absolute Gasteiger partial charge is 0.163 e. The highest BCUT2D eigenvalue weighted by atomic mass is 16.8. The summed E-state index contributed by atoms with van der Waals surface area (Å²) < 4.78 is 18.3. The average molecular weight is 413 g/mol. The Hall–Kier alpha value is -0.120. The summed E-state index contributed by atoms with van der Waals surface area (Å²) in [5.41, 5.74) is -0.230. The van der Waals surface area contributed by atoms with Gasteiger partial charge in [-0.1, -0.05) is 110 Å². The van der Waals surface area contributed by atoms with Crippen LogP contribution < -0.4 is 0 Å². The Morgan fingerprint density at radius 3 is 1.62 bits per heavy atom. The predicted molar refractivity (Wildman–Crippen MR) is 125 cm³/mol. The summed E-state index contributed by atoms with van der Waals surface area (Å²) in [6.45, 7) is 10.8. The second-order valence-electron chi connectivity index (χ2n) is 9.73. The highest BCUT2D eigenvalue weighted by Gasteiger charge is 2.45. The average Bonchev–Trinajstić information content (AvgIpc) is 3.00. The third-order valence-corrected chi connectivity index (χ3v) is 6.14. The first kappa shape index (κ1) is 26.9. The van der Waals surface area contributed by atoms with Gasteiger partial charge in [0.05, 0.1) is 13.2 Å². The monoisotopic (exact) mass is 412 g/mol. The van der Waals surface area contributed by atoms with Crippen LogP contribution in [0.2, 0.25) is 0 Å². The van der Waals surface area contributed by atoms with Crippen molar-refractivity contribution in [3.8, 4) is 0 Å². The van der Waals surface area contributed by atoms with Crippen molar-refractivity contribution in [3.63, 3.8) is 0 Å². The molecule has 0 aromatic heterocycles. The lowest BCUT2D eigenvalue weighted by Gasteiger charge is -2.29.